The van der Waals surface area contributed by atoms with Gasteiger partial charge in [-0.3, -0.25) is 0 Å². The van der Waals surface area contributed by atoms with Gasteiger partial charge in [0.1, 0.15) is 11.9 Å². The van der Waals surface area contributed by atoms with E-state index in [0.29, 0.717) is 11.4 Å². The Morgan fingerprint density at radius 3 is 2.90 bits per heavy atom. The molecule has 0 unspecified atom stereocenters. The Balaban J connectivity index is 2.11. The van der Waals surface area contributed by atoms with E-state index in [4.69, 9.17) is 4.98 Å². The SMILES string of the molecule is CCCNc1nc2c(cc1C#N)Cc1ccc(C)cc1-2. The Hall–Kier alpha value is -2.34. The fourth-order valence-electron chi connectivity index (χ4n) is 2.66. The monoisotopic (exact) mass is 263 g/mol. The first-order valence-electron chi connectivity index (χ1n) is 7.00. The molecule has 0 saturated carbocycles. The predicted molar refractivity (Wildman–Crippen MR) is 80.7 cm³/mol. The van der Waals surface area contributed by atoms with Crippen LogP contribution in [0.4, 0.5) is 5.82 Å². The summed E-state index contributed by atoms with van der Waals surface area (Å²) in [4.78, 5) is 4.71. The maximum absolute atomic E-state index is 9.28. The van der Waals surface area contributed by atoms with E-state index in [0.717, 1.165) is 30.6 Å². The molecule has 0 radical (unpaired) electrons. The molecule has 1 N–H and O–H groups in total. The summed E-state index contributed by atoms with van der Waals surface area (Å²) in [6.45, 7) is 5.03. The van der Waals surface area contributed by atoms with Crippen LogP contribution in [0.15, 0.2) is 24.3 Å². The summed E-state index contributed by atoms with van der Waals surface area (Å²) >= 11 is 0. The highest BCUT2D eigenvalue weighted by Gasteiger charge is 2.22. The van der Waals surface area contributed by atoms with Gasteiger partial charge in [-0.25, -0.2) is 4.98 Å². The number of nitrogens with one attached hydrogen (secondary N) is 1. The van der Waals surface area contributed by atoms with Crippen molar-refractivity contribution in [1.29, 1.82) is 5.26 Å². The fraction of sp³-hybridized carbons (Fsp3) is 0.294. The summed E-state index contributed by atoms with van der Waals surface area (Å²) in [5.74, 6) is 0.711. The zero-order valence-corrected chi connectivity index (χ0v) is 11.8. The molecule has 1 aliphatic rings. The molecule has 3 heteroatoms. The molecule has 3 rings (SSSR count). The lowest BCUT2D eigenvalue weighted by molar-refractivity contribution is 0.968. The molecular weight excluding hydrogens is 246 g/mol. The molecule has 1 heterocycles. The van der Waals surface area contributed by atoms with Gasteiger partial charge in [0.05, 0.1) is 11.3 Å². The summed E-state index contributed by atoms with van der Waals surface area (Å²) < 4.78 is 0. The average molecular weight is 263 g/mol. The molecule has 1 aliphatic carbocycles. The second kappa shape index (κ2) is 4.97. The van der Waals surface area contributed by atoms with Gasteiger partial charge in [-0.2, -0.15) is 5.26 Å². The lowest BCUT2D eigenvalue weighted by Gasteiger charge is -2.09. The highest BCUT2D eigenvalue weighted by molar-refractivity contribution is 5.77. The third-order valence-corrected chi connectivity index (χ3v) is 3.67. The first kappa shape index (κ1) is 12.7. The first-order valence-corrected chi connectivity index (χ1v) is 7.00. The third kappa shape index (κ3) is 2.04. The summed E-state index contributed by atoms with van der Waals surface area (Å²) in [5, 5.41) is 12.5. The van der Waals surface area contributed by atoms with Crippen molar-refractivity contribution in [2.45, 2.75) is 26.7 Å². The van der Waals surface area contributed by atoms with Crippen molar-refractivity contribution < 1.29 is 0 Å². The molecule has 0 spiro atoms. The minimum atomic E-state index is 0.640. The van der Waals surface area contributed by atoms with Crippen LogP contribution in [-0.4, -0.2) is 11.5 Å². The molecule has 0 bridgehead atoms. The number of rotatable bonds is 3. The van der Waals surface area contributed by atoms with Crippen LogP contribution in [0.5, 0.6) is 0 Å². The van der Waals surface area contributed by atoms with Crippen molar-refractivity contribution >= 4 is 5.82 Å². The van der Waals surface area contributed by atoms with Crippen molar-refractivity contribution in [2.24, 2.45) is 0 Å². The largest absolute Gasteiger partial charge is 0.369 e. The van der Waals surface area contributed by atoms with Gasteiger partial charge in [0, 0.05) is 18.5 Å². The molecule has 0 saturated heterocycles. The minimum Gasteiger partial charge on any atom is -0.369 e. The molecule has 1 aromatic heterocycles. The van der Waals surface area contributed by atoms with Crippen LogP contribution in [0.2, 0.25) is 0 Å². The maximum Gasteiger partial charge on any atom is 0.144 e. The number of fused-ring (bicyclic) bond motifs is 3. The van der Waals surface area contributed by atoms with E-state index in [1.54, 1.807) is 0 Å². The van der Waals surface area contributed by atoms with Crippen LogP contribution in [0.25, 0.3) is 11.3 Å². The number of nitriles is 1. The molecule has 3 nitrogen and oxygen atoms in total. The van der Waals surface area contributed by atoms with Crippen LogP contribution < -0.4 is 5.32 Å². The van der Waals surface area contributed by atoms with E-state index in [2.05, 4.69) is 43.4 Å². The van der Waals surface area contributed by atoms with Crippen molar-refractivity contribution in [2.75, 3.05) is 11.9 Å². The molecule has 0 aliphatic heterocycles. The van der Waals surface area contributed by atoms with Gasteiger partial charge < -0.3 is 5.32 Å². The van der Waals surface area contributed by atoms with Gasteiger partial charge in [0.15, 0.2) is 0 Å². The first-order chi connectivity index (χ1) is 9.72. The molecule has 20 heavy (non-hydrogen) atoms. The van der Waals surface area contributed by atoms with E-state index in [9.17, 15) is 5.26 Å². The Kier molecular flexibility index (Phi) is 3.15. The molecule has 0 fully saturated rings. The highest BCUT2D eigenvalue weighted by Crippen LogP contribution is 2.37. The lowest BCUT2D eigenvalue weighted by atomic mass is 10.1. The van der Waals surface area contributed by atoms with E-state index in [-0.39, 0.29) is 0 Å². The predicted octanol–water partition coefficient (Wildman–Crippen LogP) is 3.65. The van der Waals surface area contributed by atoms with Crippen LogP contribution >= 0.6 is 0 Å². The van der Waals surface area contributed by atoms with Gasteiger partial charge in [-0.1, -0.05) is 24.6 Å². The smallest absolute Gasteiger partial charge is 0.144 e. The summed E-state index contributed by atoms with van der Waals surface area (Å²) in [6, 6.07) is 10.7. The summed E-state index contributed by atoms with van der Waals surface area (Å²) in [5.41, 5.74) is 6.58. The second-order valence-corrected chi connectivity index (χ2v) is 5.27. The number of hydrogen-bond acceptors (Lipinski definition) is 3. The molecule has 1 aromatic carbocycles. The number of hydrogen-bond donors (Lipinski definition) is 1. The van der Waals surface area contributed by atoms with Crippen LogP contribution in [0.1, 0.15) is 35.6 Å². The summed E-state index contributed by atoms with van der Waals surface area (Å²) in [7, 11) is 0. The van der Waals surface area contributed by atoms with Crippen LogP contribution in [0, 0.1) is 18.3 Å². The van der Waals surface area contributed by atoms with Crippen molar-refractivity contribution in [1.82, 2.24) is 4.98 Å². The molecular formula is C17H17N3. The number of nitrogens with zero attached hydrogens (tertiary/aromatic N) is 2. The fourth-order valence-corrected chi connectivity index (χ4v) is 2.66. The zero-order chi connectivity index (χ0) is 14.1. The van der Waals surface area contributed by atoms with Gasteiger partial charge >= 0.3 is 0 Å². The third-order valence-electron chi connectivity index (χ3n) is 3.67. The average Bonchev–Trinajstić information content (AvgIpc) is 2.81. The van der Waals surface area contributed by atoms with E-state index >= 15 is 0 Å². The Morgan fingerprint density at radius 2 is 2.15 bits per heavy atom. The Bertz CT molecular complexity index is 711. The van der Waals surface area contributed by atoms with Crippen LogP contribution in [-0.2, 0) is 6.42 Å². The topological polar surface area (TPSA) is 48.7 Å². The molecule has 2 aromatic rings. The van der Waals surface area contributed by atoms with E-state index in [1.807, 2.05) is 6.07 Å². The normalized spacial score (nSPS) is 11.7. The van der Waals surface area contributed by atoms with Crippen molar-refractivity contribution in [3.63, 3.8) is 0 Å². The number of benzene rings is 1. The lowest BCUT2D eigenvalue weighted by Crippen LogP contribution is -2.05. The Morgan fingerprint density at radius 1 is 1.30 bits per heavy atom. The maximum atomic E-state index is 9.28. The highest BCUT2D eigenvalue weighted by atomic mass is 15.0. The van der Waals surface area contributed by atoms with E-state index in [1.165, 1.54) is 16.7 Å². The van der Waals surface area contributed by atoms with Gasteiger partial charge in [0.25, 0.3) is 0 Å². The molecule has 0 atom stereocenters. The van der Waals surface area contributed by atoms with Gasteiger partial charge in [-0.15, -0.1) is 0 Å². The minimum absolute atomic E-state index is 0.640. The van der Waals surface area contributed by atoms with Gasteiger partial charge in [0.2, 0.25) is 0 Å². The number of aromatic nitrogens is 1. The number of aryl methyl sites for hydroxylation is 1. The van der Waals surface area contributed by atoms with Gasteiger partial charge in [-0.05, 0) is 36.6 Å². The summed E-state index contributed by atoms with van der Waals surface area (Å²) in [6.07, 6.45) is 1.89. The van der Waals surface area contributed by atoms with E-state index < -0.39 is 0 Å². The molecule has 100 valence electrons. The molecule has 0 amide bonds. The second-order valence-electron chi connectivity index (χ2n) is 5.27. The number of pyridine rings is 1. The van der Waals surface area contributed by atoms with Crippen molar-refractivity contribution in [3.8, 4) is 17.3 Å². The standard InChI is InChI=1S/C17H17N3/c1-3-6-19-17-14(10-18)9-13-8-12-5-4-11(2)7-15(12)16(13)20-17/h4-5,7,9H,3,6,8H2,1-2H3,(H,19,20). The Labute approximate surface area is 119 Å². The van der Waals surface area contributed by atoms with Crippen molar-refractivity contribution in [3.05, 3.63) is 46.5 Å². The van der Waals surface area contributed by atoms with Crippen LogP contribution in [0.3, 0.4) is 0 Å². The number of anilines is 1. The zero-order valence-electron chi connectivity index (χ0n) is 11.8. The quantitative estimate of drug-likeness (QED) is 0.784.